The second-order valence-corrected chi connectivity index (χ2v) is 5.27. The topological polar surface area (TPSA) is 27.7 Å². The standard InChI is InChI=1S/C13H14BrF3O3/c14-11-8-10(3-4-12(11)20-13(15,16)17)19-7-5-9-2-1-6-18-9/h3-4,8-9H,1-2,5-7H2. The fourth-order valence-electron chi connectivity index (χ4n) is 1.96. The molecule has 20 heavy (non-hydrogen) atoms. The molecule has 0 spiro atoms. The van der Waals surface area contributed by atoms with Crippen molar-refractivity contribution in [1.82, 2.24) is 0 Å². The minimum absolute atomic E-state index is 0.199. The predicted octanol–water partition coefficient (Wildman–Crippen LogP) is 4.30. The average Bonchev–Trinajstić information content (AvgIpc) is 2.84. The first kappa shape index (κ1) is 15.4. The lowest BCUT2D eigenvalue weighted by molar-refractivity contribution is -0.274. The Kier molecular flexibility index (Phi) is 5.15. The zero-order valence-electron chi connectivity index (χ0n) is 10.6. The van der Waals surface area contributed by atoms with Crippen LogP contribution in [0.15, 0.2) is 22.7 Å². The molecule has 0 saturated carbocycles. The van der Waals surface area contributed by atoms with Crippen LogP contribution in [-0.4, -0.2) is 25.7 Å². The maximum absolute atomic E-state index is 12.1. The highest BCUT2D eigenvalue weighted by Crippen LogP contribution is 2.33. The number of halogens is 4. The zero-order chi connectivity index (χ0) is 14.6. The number of ether oxygens (including phenoxy) is 3. The first-order chi connectivity index (χ1) is 9.44. The molecule has 7 heteroatoms. The van der Waals surface area contributed by atoms with E-state index in [-0.39, 0.29) is 16.3 Å². The van der Waals surface area contributed by atoms with E-state index in [9.17, 15) is 13.2 Å². The van der Waals surface area contributed by atoms with E-state index in [1.165, 1.54) is 18.2 Å². The minimum atomic E-state index is -4.70. The molecule has 0 aromatic heterocycles. The normalized spacial score (nSPS) is 19.1. The third-order valence-electron chi connectivity index (χ3n) is 2.86. The van der Waals surface area contributed by atoms with Crippen molar-refractivity contribution >= 4 is 15.9 Å². The van der Waals surface area contributed by atoms with E-state index in [4.69, 9.17) is 9.47 Å². The van der Waals surface area contributed by atoms with Gasteiger partial charge in [-0.3, -0.25) is 0 Å². The summed E-state index contributed by atoms with van der Waals surface area (Å²) in [4.78, 5) is 0. The highest BCUT2D eigenvalue weighted by Gasteiger charge is 2.32. The molecule has 1 aromatic rings. The van der Waals surface area contributed by atoms with E-state index in [0.717, 1.165) is 25.9 Å². The molecule has 0 N–H and O–H groups in total. The van der Waals surface area contributed by atoms with Crippen LogP contribution in [0.5, 0.6) is 11.5 Å². The van der Waals surface area contributed by atoms with E-state index in [1.54, 1.807) is 0 Å². The van der Waals surface area contributed by atoms with E-state index < -0.39 is 6.36 Å². The maximum Gasteiger partial charge on any atom is 0.573 e. The lowest BCUT2D eigenvalue weighted by atomic mass is 10.2. The molecule has 0 bridgehead atoms. The van der Waals surface area contributed by atoms with Crippen LogP contribution in [-0.2, 0) is 4.74 Å². The Hall–Kier alpha value is -0.950. The Labute approximate surface area is 123 Å². The molecule has 1 aromatic carbocycles. The molecule has 1 fully saturated rings. The van der Waals surface area contributed by atoms with Crippen molar-refractivity contribution in [3.8, 4) is 11.5 Å². The van der Waals surface area contributed by atoms with Gasteiger partial charge in [0, 0.05) is 13.0 Å². The van der Waals surface area contributed by atoms with Crippen LogP contribution in [0.1, 0.15) is 19.3 Å². The lowest BCUT2D eigenvalue weighted by Crippen LogP contribution is -2.17. The summed E-state index contributed by atoms with van der Waals surface area (Å²) >= 11 is 3.03. The van der Waals surface area contributed by atoms with Gasteiger partial charge in [0.05, 0.1) is 17.2 Å². The van der Waals surface area contributed by atoms with Crippen molar-refractivity contribution in [2.45, 2.75) is 31.7 Å². The number of benzene rings is 1. The molecule has 1 heterocycles. The first-order valence-corrected chi connectivity index (χ1v) is 7.03. The molecule has 1 saturated heterocycles. The molecule has 1 aliphatic rings. The van der Waals surface area contributed by atoms with Gasteiger partial charge in [0.15, 0.2) is 0 Å². The van der Waals surface area contributed by atoms with Gasteiger partial charge in [-0.05, 0) is 47.0 Å². The van der Waals surface area contributed by atoms with Crippen LogP contribution in [0.4, 0.5) is 13.2 Å². The molecule has 0 aliphatic carbocycles. The fourth-order valence-corrected chi connectivity index (χ4v) is 2.40. The molecular formula is C13H14BrF3O3. The third kappa shape index (κ3) is 4.86. The summed E-state index contributed by atoms with van der Waals surface area (Å²) in [5.74, 6) is 0.202. The number of alkyl halides is 3. The second kappa shape index (κ2) is 6.67. The smallest absolute Gasteiger partial charge is 0.493 e. The summed E-state index contributed by atoms with van der Waals surface area (Å²) in [5, 5.41) is 0. The van der Waals surface area contributed by atoms with Gasteiger partial charge < -0.3 is 14.2 Å². The van der Waals surface area contributed by atoms with Crippen LogP contribution >= 0.6 is 15.9 Å². The average molecular weight is 355 g/mol. The fraction of sp³-hybridized carbons (Fsp3) is 0.538. The van der Waals surface area contributed by atoms with Gasteiger partial charge in [-0.1, -0.05) is 0 Å². The Balaban J connectivity index is 1.85. The van der Waals surface area contributed by atoms with Crippen molar-refractivity contribution in [1.29, 1.82) is 0 Å². The molecule has 2 rings (SSSR count). The van der Waals surface area contributed by atoms with Crippen LogP contribution < -0.4 is 9.47 Å². The highest BCUT2D eigenvalue weighted by molar-refractivity contribution is 9.10. The van der Waals surface area contributed by atoms with E-state index >= 15 is 0 Å². The third-order valence-corrected chi connectivity index (χ3v) is 3.48. The Bertz CT molecular complexity index is 445. The van der Waals surface area contributed by atoms with Gasteiger partial charge in [-0.15, -0.1) is 13.2 Å². The zero-order valence-corrected chi connectivity index (χ0v) is 12.2. The lowest BCUT2D eigenvalue weighted by Gasteiger charge is -2.13. The molecule has 1 atom stereocenters. The number of hydrogen-bond donors (Lipinski definition) is 0. The van der Waals surface area contributed by atoms with Crippen LogP contribution in [0.3, 0.4) is 0 Å². The summed E-state index contributed by atoms with van der Waals surface area (Å²) in [7, 11) is 0. The minimum Gasteiger partial charge on any atom is -0.493 e. The summed E-state index contributed by atoms with van der Waals surface area (Å²) in [5.41, 5.74) is 0. The van der Waals surface area contributed by atoms with Gasteiger partial charge in [-0.2, -0.15) is 0 Å². The van der Waals surface area contributed by atoms with Crippen LogP contribution in [0.2, 0.25) is 0 Å². The largest absolute Gasteiger partial charge is 0.573 e. The second-order valence-electron chi connectivity index (χ2n) is 4.41. The summed E-state index contributed by atoms with van der Waals surface area (Å²) in [6, 6.07) is 4.12. The summed E-state index contributed by atoms with van der Waals surface area (Å²) in [6.45, 7) is 1.26. The van der Waals surface area contributed by atoms with Gasteiger partial charge in [0.2, 0.25) is 0 Å². The van der Waals surface area contributed by atoms with Gasteiger partial charge in [0.25, 0.3) is 0 Å². The first-order valence-electron chi connectivity index (χ1n) is 6.24. The molecule has 1 aliphatic heterocycles. The summed E-state index contributed by atoms with van der Waals surface area (Å²) in [6.07, 6.45) is -1.60. The van der Waals surface area contributed by atoms with E-state index in [0.29, 0.717) is 12.4 Å². The van der Waals surface area contributed by atoms with Gasteiger partial charge in [0.1, 0.15) is 11.5 Å². The molecule has 1 unspecified atom stereocenters. The van der Waals surface area contributed by atoms with E-state index in [1.807, 2.05) is 0 Å². The summed E-state index contributed by atoms with van der Waals surface area (Å²) < 4.78 is 51.3. The van der Waals surface area contributed by atoms with Crippen molar-refractivity contribution in [2.75, 3.05) is 13.2 Å². The predicted molar refractivity (Wildman–Crippen MR) is 69.9 cm³/mol. The van der Waals surface area contributed by atoms with Crippen molar-refractivity contribution in [3.63, 3.8) is 0 Å². The SMILES string of the molecule is FC(F)(F)Oc1ccc(OCCC2CCCO2)cc1Br. The maximum atomic E-state index is 12.1. The Morgan fingerprint density at radius 3 is 2.75 bits per heavy atom. The van der Waals surface area contributed by atoms with Gasteiger partial charge >= 0.3 is 6.36 Å². The van der Waals surface area contributed by atoms with Crippen LogP contribution in [0.25, 0.3) is 0 Å². The van der Waals surface area contributed by atoms with Crippen molar-refractivity contribution < 1.29 is 27.4 Å². The molecule has 0 amide bonds. The number of hydrogen-bond acceptors (Lipinski definition) is 3. The molecular weight excluding hydrogens is 341 g/mol. The van der Waals surface area contributed by atoms with E-state index in [2.05, 4.69) is 20.7 Å². The van der Waals surface area contributed by atoms with Crippen LogP contribution in [0, 0.1) is 0 Å². The Morgan fingerprint density at radius 1 is 1.35 bits per heavy atom. The van der Waals surface area contributed by atoms with Crippen molar-refractivity contribution in [3.05, 3.63) is 22.7 Å². The number of rotatable bonds is 5. The molecule has 112 valence electrons. The highest BCUT2D eigenvalue weighted by atomic mass is 79.9. The quantitative estimate of drug-likeness (QED) is 0.789. The van der Waals surface area contributed by atoms with Gasteiger partial charge in [-0.25, -0.2) is 0 Å². The monoisotopic (exact) mass is 354 g/mol. The van der Waals surface area contributed by atoms with Crippen molar-refractivity contribution in [2.24, 2.45) is 0 Å². The molecule has 3 nitrogen and oxygen atoms in total. The molecule has 0 radical (unpaired) electrons. The Morgan fingerprint density at radius 2 is 2.15 bits per heavy atom.